The molecule has 0 aromatic rings. The topological polar surface area (TPSA) is 70.2 Å². The Hall–Kier alpha value is -0.810. The number of halogens is 1. The minimum Gasteiger partial charge on any atom is -0.353 e. The molecule has 1 aliphatic rings. The molecule has 3 N–H and O–H groups in total. The average Bonchev–Trinajstić information content (AvgIpc) is 2.79. The van der Waals surface area contributed by atoms with Crippen LogP contribution in [-0.4, -0.2) is 38.0 Å². The van der Waals surface area contributed by atoms with Gasteiger partial charge in [0.2, 0.25) is 11.8 Å². The normalized spacial score (nSPS) is 16.8. The molecule has 1 rings (SSSR count). The van der Waals surface area contributed by atoms with Crippen molar-refractivity contribution < 1.29 is 9.59 Å². The lowest BCUT2D eigenvalue weighted by Gasteiger charge is -2.23. The molecule has 0 radical (unpaired) electrons. The van der Waals surface area contributed by atoms with Gasteiger partial charge >= 0.3 is 0 Å². The summed E-state index contributed by atoms with van der Waals surface area (Å²) in [5.41, 5.74) is 0. The summed E-state index contributed by atoms with van der Waals surface area (Å²) in [6, 6.07) is -0.355. The van der Waals surface area contributed by atoms with Crippen LogP contribution in [0.4, 0.5) is 0 Å². The Labute approximate surface area is 115 Å². The van der Waals surface area contributed by atoms with Crippen molar-refractivity contribution in [3.63, 3.8) is 0 Å². The SMILES string of the molecule is CNCCNC(=O)C(NC(C)=O)C1CCCC1.Cl. The van der Waals surface area contributed by atoms with Crippen LogP contribution in [0.3, 0.4) is 0 Å². The van der Waals surface area contributed by atoms with E-state index in [2.05, 4.69) is 16.0 Å². The Bertz CT molecular complexity index is 268. The molecule has 0 aliphatic heterocycles. The largest absolute Gasteiger partial charge is 0.353 e. The zero-order valence-electron chi connectivity index (χ0n) is 11.1. The van der Waals surface area contributed by atoms with Crippen LogP contribution in [-0.2, 0) is 9.59 Å². The molecule has 1 unspecified atom stereocenters. The highest BCUT2D eigenvalue weighted by Gasteiger charge is 2.30. The summed E-state index contributed by atoms with van der Waals surface area (Å²) in [5.74, 6) is 0.113. The maximum Gasteiger partial charge on any atom is 0.242 e. The van der Waals surface area contributed by atoms with Gasteiger partial charge in [-0.25, -0.2) is 0 Å². The van der Waals surface area contributed by atoms with Gasteiger partial charge in [0.25, 0.3) is 0 Å². The first kappa shape index (κ1) is 17.2. The van der Waals surface area contributed by atoms with Gasteiger partial charge in [0.1, 0.15) is 6.04 Å². The van der Waals surface area contributed by atoms with Crippen LogP contribution in [0, 0.1) is 5.92 Å². The van der Waals surface area contributed by atoms with Crippen LogP contribution in [0.2, 0.25) is 0 Å². The molecule has 0 heterocycles. The first-order chi connectivity index (χ1) is 8.15. The van der Waals surface area contributed by atoms with Gasteiger partial charge in [0.05, 0.1) is 0 Å². The van der Waals surface area contributed by atoms with Gasteiger partial charge in [0.15, 0.2) is 0 Å². The van der Waals surface area contributed by atoms with Crippen molar-refractivity contribution in [3.05, 3.63) is 0 Å². The maximum absolute atomic E-state index is 12.0. The molecule has 1 aliphatic carbocycles. The number of hydrogen-bond donors (Lipinski definition) is 3. The van der Waals surface area contributed by atoms with Crippen molar-refractivity contribution in [3.8, 4) is 0 Å². The summed E-state index contributed by atoms with van der Waals surface area (Å²) in [4.78, 5) is 23.1. The summed E-state index contributed by atoms with van der Waals surface area (Å²) in [6.07, 6.45) is 4.38. The predicted molar refractivity (Wildman–Crippen MR) is 73.7 cm³/mol. The number of rotatable bonds is 6. The van der Waals surface area contributed by atoms with Gasteiger partial charge in [-0.15, -0.1) is 12.4 Å². The molecule has 0 aromatic carbocycles. The van der Waals surface area contributed by atoms with Crippen molar-refractivity contribution in [1.29, 1.82) is 0 Å². The van der Waals surface area contributed by atoms with Crippen LogP contribution in [0.1, 0.15) is 32.6 Å². The Morgan fingerprint density at radius 1 is 1.22 bits per heavy atom. The highest BCUT2D eigenvalue weighted by Crippen LogP contribution is 2.27. The fourth-order valence-electron chi connectivity index (χ4n) is 2.33. The average molecular weight is 278 g/mol. The molecule has 5 nitrogen and oxygen atoms in total. The van der Waals surface area contributed by atoms with E-state index in [4.69, 9.17) is 0 Å². The van der Waals surface area contributed by atoms with Gasteiger partial charge in [-0.05, 0) is 25.8 Å². The van der Waals surface area contributed by atoms with Crippen molar-refractivity contribution in [2.24, 2.45) is 5.92 Å². The maximum atomic E-state index is 12.0. The minimum atomic E-state index is -0.355. The van der Waals surface area contributed by atoms with Crippen molar-refractivity contribution in [1.82, 2.24) is 16.0 Å². The lowest BCUT2D eigenvalue weighted by molar-refractivity contribution is -0.129. The first-order valence-corrected chi connectivity index (χ1v) is 6.34. The third-order valence-corrected chi connectivity index (χ3v) is 3.19. The molecule has 1 fully saturated rings. The van der Waals surface area contributed by atoms with Crippen molar-refractivity contribution >= 4 is 24.2 Å². The van der Waals surface area contributed by atoms with Crippen LogP contribution in [0.15, 0.2) is 0 Å². The Morgan fingerprint density at radius 3 is 2.33 bits per heavy atom. The van der Waals surface area contributed by atoms with E-state index >= 15 is 0 Å². The second-order valence-corrected chi connectivity index (χ2v) is 4.62. The number of hydrogen-bond acceptors (Lipinski definition) is 3. The molecule has 18 heavy (non-hydrogen) atoms. The summed E-state index contributed by atoms with van der Waals surface area (Å²) >= 11 is 0. The number of likely N-dealkylation sites (N-methyl/N-ethyl adjacent to an activating group) is 1. The van der Waals surface area contributed by atoms with Gasteiger partial charge < -0.3 is 16.0 Å². The van der Waals surface area contributed by atoms with E-state index in [0.717, 1.165) is 32.2 Å². The predicted octanol–water partition coefficient (Wildman–Crippen LogP) is 0.439. The fraction of sp³-hybridized carbons (Fsp3) is 0.833. The summed E-state index contributed by atoms with van der Waals surface area (Å²) < 4.78 is 0. The first-order valence-electron chi connectivity index (χ1n) is 6.34. The summed E-state index contributed by atoms with van der Waals surface area (Å²) in [5, 5.41) is 8.60. The lowest BCUT2D eigenvalue weighted by atomic mass is 9.97. The number of carbonyl (C=O) groups excluding carboxylic acids is 2. The monoisotopic (exact) mass is 277 g/mol. The van der Waals surface area contributed by atoms with E-state index in [1.54, 1.807) is 0 Å². The van der Waals surface area contributed by atoms with Crippen molar-refractivity contribution in [2.45, 2.75) is 38.6 Å². The second-order valence-electron chi connectivity index (χ2n) is 4.62. The molecule has 6 heteroatoms. The Morgan fingerprint density at radius 2 is 1.83 bits per heavy atom. The smallest absolute Gasteiger partial charge is 0.242 e. The molecule has 0 spiro atoms. The van der Waals surface area contributed by atoms with Crippen LogP contribution >= 0.6 is 12.4 Å². The van der Waals surface area contributed by atoms with Crippen molar-refractivity contribution in [2.75, 3.05) is 20.1 Å². The summed E-state index contributed by atoms with van der Waals surface area (Å²) in [7, 11) is 1.84. The second kappa shape index (κ2) is 9.16. The Balaban J connectivity index is 0.00000289. The number of carbonyl (C=O) groups is 2. The highest BCUT2D eigenvalue weighted by molar-refractivity contribution is 5.87. The lowest BCUT2D eigenvalue weighted by Crippen LogP contribution is -2.50. The zero-order chi connectivity index (χ0) is 12.7. The standard InChI is InChI=1S/C12H23N3O2.ClH/c1-9(16)15-11(10-5-3-4-6-10)12(17)14-8-7-13-2;/h10-11,13H,3-8H2,1-2H3,(H,14,17)(H,15,16);1H. The molecule has 0 saturated heterocycles. The molecular formula is C12H24ClN3O2. The van der Waals surface area contributed by atoms with Gasteiger partial charge in [-0.1, -0.05) is 12.8 Å². The quantitative estimate of drug-likeness (QED) is 0.617. The summed E-state index contributed by atoms with van der Waals surface area (Å²) in [6.45, 7) is 2.80. The Kier molecular flexibility index (Phi) is 8.75. The van der Waals surface area contributed by atoms with E-state index in [-0.39, 0.29) is 30.3 Å². The van der Waals surface area contributed by atoms with E-state index in [1.807, 2.05) is 7.05 Å². The molecular weight excluding hydrogens is 254 g/mol. The highest BCUT2D eigenvalue weighted by atomic mass is 35.5. The molecule has 0 aromatic heterocycles. The van der Waals surface area contributed by atoms with E-state index in [1.165, 1.54) is 6.92 Å². The third-order valence-electron chi connectivity index (χ3n) is 3.19. The molecule has 2 amide bonds. The molecule has 1 saturated carbocycles. The van der Waals surface area contributed by atoms with Crippen LogP contribution < -0.4 is 16.0 Å². The molecule has 1 atom stereocenters. The molecule has 0 bridgehead atoms. The fourth-order valence-corrected chi connectivity index (χ4v) is 2.33. The van der Waals surface area contributed by atoms with E-state index in [9.17, 15) is 9.59 Å². The van der Waals surface area contributed by atoms with Gasteiger partial charge in [-0.2, -0.15) is 0 Å². The zero-order valence-corrected chi connectivity index (χ0v) is 11.9. The minimum absolute atomic E-state index is 0. The van der Waals surface area contributed by atoms with E-state index in [0.29, 0.717) is 12.5 Å². The van der Waals surface area contributed by atoms with Gasteiger partial charge in [0, 0.05) is 20.0 Å². The third kappa shape index (κ3) is 5.69. The molecule has 106 valence electrons. The van der Waals surface area contributed by atoms with Crippen LogP contribution in [0.5, 0.6) is 0 Å². The number of amides is 2. The van der Waals surface area contributed by atoms with Crippen LogP contribution in [0.25, 0.3) is 0 Å². The number of nitrogens with one attached hydrogen (secondary N) is 3. The van der Waals surface area contributed by atoms with E-state index < -0.39 is 0 Å². The van der Waals surface area contributed by atoms with Gasteiger partial charge in [-0.3, -0.25) is 9.59 Å².